The number of allylic oxidation sites excluding steroid dienone is 2. The minimum absolute atomic E-state index is 0.0258. The lowest BCUT2D eigenvalue weighted by Crippen LogP contribution is -2.63. The second-order valence-corrected chi connectivity index (χ2v) is 30.7. The maximum absolute atomic E-state index is 14.8. The van der Waals surface area contributed by atoms with E-state index in [0.29, 0.717) is 0 Å². The lowest BCUT2D eigenvalue weighted by Gasteiger charge is -2.40. The largest absolute Gasteiger partial charge is 0.480 e. The molecule has 0 saturated heterocycles. The van der Waals surface area contributed by atoms with Crippen molar-refractivity contribution in [2.24, 2.45) is 47.3 Å². The first-order chi connectivity index (χ1) is 44.9. The second kappa shape index (κ2) is 41.6. The van der Waals surface area contributed by atoms with Crippen molar-refractivity contribution in [1.29, 1.82) is 0 Å². The molecule has 0 bridgehead atoms. The average molecular weight is 1390 g/mol. The van der Waals surface area contributed by atoms with Crippen molar-refractivity contribution >= 4 is 71.1 Å². The number of likely N-dealkylation sites (N-methyl/N-ethyl adjacent to an activating group) is 6. The molecule has 0 fully saturated rings. The van der Waals surface area contributed by atoms with E-state index in [2.05, 4.69) is 26.6 Å². The number of carboxylic acid groups (broad SMARTS) is 1. The average Bonchev–Trinajstić information content (AvgIpc) is 0.812. The molecule has 0 aliphatic heterocycles. The lowest BCUT2D eigenvalue weighted by atomic mass is 9.91. The highest BCUT2D eigenvalue weighted by atomic mass is 16.6. The van der Waals surface area contributed by atoms with Crippen molar-refractivity contribution < 1.29 is 77.6 Å². The van der Waals surface area contributed by atoms with Gasteiger partial charge in [0.15, 0.2) is 6.04 Å². The maximum atomic E-state index is 14.8. The molecule has 0 saturated carbocycles. The van der Waals surface area contributed by atoms with E-state index in [9.17, 15) is 72.9 Å². The second-order valence-electron chi connectivity index (χ2n) is 30.7. The summed E-state index contributed by atoms with van der Waals surface area (Å²) in [5, 5.41) is 45.0. The summed E-state index contributed by atoms with van der Waals surface area (Å²) >= 11 is 0. The summed E-state index contributed by atoms with van der Waals surface area (Å²) in [6, 6.07) is -14.2. The number of ether oxygens (including phenoxy) is 1. The van der Waals surface area contributed by atoms with Gasteiger partial charge in [0.05, 0.1) is 12.2 Å². The minimum Gasteiger partial charge on any atom is -0.480 e. The van der Waals surface area contributed by atoms with E-state index in [-0.39, 0.29) is 80.5 Å². The summed E-state index contributed by atoms with van der Waals surface area (Å²) in [5.74, 6) is -10.8. The van der Waals surface area contributed by atoms with Crippen molar-refractivity contribution in [1.82, 2.24) is 56.0 Å². The summed E-state index contributed by atoms with van der Waals surface area (Å²) in [6.07, 6.45) is 0.916. The molecule has 0 aromatic heterocycles. The standard InChI is InChI=1S/C71H129N11O16/c1-29-30-31-45(16)58(84)57(63(89)76-55(48(19)83)69(95)96)82(28)68(94)56(44(14)15)81(27)66(92)50(33-39(4)5)75-61(87)52(35-41(8)9)77(23)64(90)47(18)73-59(85)46(17)72-60(86)51(34-40(6)7)78(24)65(91)49(32-38(2)3)74-62(88)53(36-42(10)11)79(25)67(93)54(37-43(12)13)80(26)70(97)98-71(20,21)22/h29-30,38-58,83-84H,31-37H2,1-28H3,(H,72,86)(H,73,85)(H,74,88)(H,75,87)(H,76,89)(H,95,96)/t45-,46+,47-,48-,49+,50+,51+,52+,53+,54-,55+,56+,57+,58-/m1/s1. The molecule has 27 heteroatoms. The van der Waals surface area contributed by atoms with Gasteiger partial charge in [-0.2, -0.15) is 0 Å². The van der Waals surface area contributed by atoms with Crippen molar-refractivity contribution in [2.75, 3.05) is 42.3 Å². The van der Waals surface area contributed by atoms with Crippen LogP contribution in [0, 0.1) is 47.3 Å². The van der Waals surface area contributed by atoms with Gasteiger partial charge in [0.2, 0.25) is 59.1 Å². The molecule has 0 unspecified atom stereocenters. The number of amides is 11. The van der Waals surface area contributed by atoms with Crippen molar-refractivity contribution in [2.45, 2.75) is 282 Å². The van der Waals surface area contributed by atoms with Crippen LogP contribution in [0.2, 0.25) is 0 Å². The summed E-state index contributed by atoms with van der Waals surface area (Å²) < 4.78 is 5.61. The first kappa shape index (κ1) is 91.1. The molecule has 0 aliphatic carbocycles. The number of carboxylic acids is 1. The van der Waals surface area contributed by atoms with Crippen LogP contribution in [0.5, 0.6) is 0 Å². The van der Waals surface area contributed by atoms with Crippen LogP contribution < -0.4 is 26.6 Å². The molecule has 0 spiro atoms. The van der Waals surface area contributed by atoms with Crippen LogP contribution >= 0.6 is 0 Å². The van der Waals surface area contributed by atoms with Crippen LogP contribution in [0.1, 0.15) is 197 Å². The minimum atomic E-state index is -1.79. The molecule has 0 rings (SSSR count). The smallest absolute Gasteiger partial charge is 0.410 e. The van der Waals surface area contributed by atoms with Gasteiger partial charge in [-0.05, 0) is 141 Å². The third-order valence-corrected chi connectivity index (χ3v) is 17.1. The molecular weight excluding hydrogens is 1260 g/mol. The predicted molar refractivity (Wildman–Crippen MR) is 377 cm³/mol. The van der Waals surface area contributed by atoms with Crippen LogP contribution in [-0.4, -0.2) is 242 Å². The first-order valence-electron chi connectivity index (χ1n) is 34.9. The van der Waals surface area contributed by atoms with E-state index in [1.165, 1.54) is 75.7 Å². The van der Waals surface area contributed by atoms with E-state index in [4.69, 9.17) is 4.74 Å². The Labute approximate surface area is 585 Å². The third-order valence-electron chi connectivity index (χ3n) is 17.1. The van der Waals surface area contributed by atoms with E-state index in [1.54, 1.807) is 60.6 Å². The molecule has 0 radical (unpaired) electrons. The fourth-order valence-electron chi connectivity index (χ4n) is 11.6. The highest BCUT2D eigenvalue weighted by Crippen LogP contribution is 2.25. The Hall–Kier alpha value is -6.90. The summed E-state index contributed by atoms with van der Waals surface area (Å²) in [7, 11) is 8.43. The number of aliphatic carboxylic acids is 1. The van der Waals surface area contributed by atoms with Gasteiger partial charge in [0.1, 0.15) is 66.0 Å². The summed E-state index contributed by atoms with van der Waals surface area (Å²) in [4.78, 5) is 177. The highest BCUT2D eigenvalue weighted by molar-refractivity contribution is 5.99. The van der Waals surface area contributed by atoms with E-state index >= 15 is 0 Å². The van der Waals surface area contributed by atoms with Gasteiger partial charge in [-0.15, -0.1) is 0 Å². The van der Waals surface area contributed by atoms with Gasteiger partial charge in [-0.3, -0.25) is 52.8 Å². The van der Waals surface area contributed by atoms with Crippen molar-refractivity contribution in [3.05, 3.63) is 12.2 Å². The molecule has 0 aromatic carbocycles. The van der Waals surface area contributed by atoms with Crippen LogP contribution in [-0.2, 0) is 57.5 Å². The number of nitrogens with zero attached hydrogens (tertiary/aromatic N) is 6. The SMILES string of the molecule is CC=CC[C@@H](C)[C@@H](O)[C@@H](C(=O)N[C@H](C(=O)O)[C@@H](C)O)N(C)C(=O)[C@H](C(C)C)N(C)C(=O)[C@H](CC(C)C)NC(=O)[C@H](CC(C)C)N(C)C(=O)[C@@H](C)NC(=O)[C@H](C)NC(=O)[C@H](CC(C)C)N(C)C(=O)[C@H](CC(C)C)NC(=O)[C@H](CC(C)C)N(C)C(=O)[C@@H](CC(C)C)N(C)C(=O)OC(C)(C)C. The van der Waals surface area contributed by atoms with E-state index in [0.717, 1.165) is 16.7 Å². The van der Waals surface area contributed by atoms with E-state index in [1.807, 2.05) is 83.1 Å². The normalized spacial score (nSPS) is 16.3. The number of hydrogen-bond acceptors (Lipinski definition) is 15. The Morgan fingerprint density at radius 1 is 0.408 bits per heavy atom. The molecule has 98 heavy (non-hydrogen) atoms. The van der Waals surface area contributed by atoms with Crippen LogP contribution in [0.15, 0.2) is 12.2 Å². The number of aliphatic hydroxyl groups excluding tert-OH is 2. The molecule has 8 N–H and O–H groups in total. The van der Waals surface area contributed by atoms with Crippen LogP contribution in [0.4, 0.5) is 4.79 Å². The molecular formula is C71H129N11O16. The topological polar surface area (TPSA) is 354 Å². The Morgan fingerprint density at radius 2 is 0.765 bits per heavy atom. The molecule has 11 amide bonds. The predicted octanol–water partition coefficient (Wildman–Crippen LogP) is 5.18. The summed E-state index contributed by atoms with van der Waals surface area (Å²) in [5.41, 5.74) is -0.837. The van der Waals surface area contributed by atoms with Gasteiger partial charge in [0, 0.05) is 42.3 Å². The van der Waals surface area contributed by atoms with Gasteiger partial charge in [-0.25, -0.2) is 9.59 Å². The zero-order valence-corrected chi connectivity index (χ0v) is 64.6. The highest BCUT2D eigenvalue weighted by Gasteiger charge is 2.45. The first-order valence-corrected chi connectivity index (χ1v) is 34.9. The number of nitrogens with one attached hydrogen (secondary N) is 5. The molecule has 564 valence electrons. The monoisotopic (exact) mass is 1390 g/mol. The quantitative estimate of drug-likeness (QED) is 0.0366. The lowest BCUT2D eigenvalue weighted by molar-refractivity contribution is -0.155. The molecule has 0 heterocycles. The Morgan fingerprint density at radius 3 is 1.13 bits per heavy atom. The van der Waals surface area contributed by atoms with Crippen molar-refractivity contribution in [3.8, 4) is 0 Å². The Bertz CT molecular complexity index is 2680. The van der Waals surface area contributed by atoms with Gasteiger partial charge < -0.3 is 71.1 Å². The number of aliphatic hydroxyl groups is 2. The maximum Gasteiger partial charge on any atom is 0.410 e. The number of rotatable bonds is 40. The number of hydrogen-bond donors (Lipinski definition) is 8. The fourth-order valence-corrected chi connectivity index (χ4v) is 11.6. The van der Waals surface area contributed by atoms with Gasteiger partial charge in [0.25, 0.3) is 0 Å². The number of carbonyl (C=O) groups is 12. The third kappa shape index (κ3) is 29.1. The number of carbonyl (C=O) groups excluding carboxylic acids is 11. The van der Waals surface area contributed by atoms with E-state index < -0.39 is 167 Å². The van der Waals surface area contributed by atoms with Crippen LogP contribution in [0.3, 0.4) is 0 Å². The fraction of sp³-hybridized carbons (Fsp3) is 0.803. The molecule has 0 aromatic rings. The Kier molecular flexibility index (Phi) is 38.7. The molecule has 0 aliphatic rings. The van der Waals surface area contributed by atoms with Crippen molar-refractivity contribution in [3.63, 3.8) is 0 Å². The zero-order valence-electron chi connectivity index (χ0n) is 64.6. The van der Waals surface area contributed by atoms with Gasteiger partial charge in [-0.1, -0.05) is 116 Å². The molecule has 14 atom stereocenters. The molecule has 27 nitrogen and oxygen atoms in total. The Balaban J connectivity index is 6.99. The zero-order chi connectivity index (χ0) is 76.6. The summed E-state index contributed by atoms with van der Waals surface area (Å²) in [6.45, 7) is 38.3. The van der Waals surface area contributed by atoms with Gasteiger partial charge >= 0.3 is 12.1 Å². The van der Waals surface area contributed by atoms with Crippen LogP contribution in [0.25, 0.3) is 0 Å².